The highest BCUT2D eigenvalue weighted by Crippen LogP contribution is 2.00. The Kier molecular flexibility index (Phi) is 5.98. The van der Waals surface area contributed by atoms with Crippen molar-refractivity contribution in [3.63, 3.8) is 0 Å². The average Bonchev–Trinajstić information content (AvgIpc) is 2.05. The van der Waals surface area contributed by atoms with E-state index >= 15 is 0 Å². The number of rotatable bonds is 4. The molecule has 0 aliphatic carbocycles. The first-order valence-electron chi connectivity index (χ1n) is 4.18. The van der Waals surface area contributed by atoms with Crippen molar-refractivity contribution in [2.45, 2.75) is 20.8 Å². The summed E-state index contributed by atoms with van der Waals surface area (Å²) in [6.45, 7) is 5.69. The smallest absolute Gasteiger partial charge is 0.161 e. The van der Waals surface area contributed by atoms with Crippen LogP contribution in [0, 0.1) is 5.92 Å². The summed E-state index contributed by atoms with van der Waals surface area (Å²) < 4.78 is 0. The highest BCUT2D eigenvalue weighted by atomic mass is 16.1. The standard InChI is InChI=1S/C11H16O/c1-4-6-7-9-10(3)11(12)8-5-2/h4-10H,1-3H3/b6-4+,8-5+,9-7-/t10-/m1/s1. The lowest BCUT2D eigenvalue weighted by Gasteiger charge is -1.97. The first kappa shape index (κ1) is 10.9. The summed E-state index contributed by atoms with van der Waals surface area (Å²) in [6, 6.07) is 0. The third-order valence-corrected chi connectivity index (χ3v) is 1.48. The molecule has 0 aliphatic heterocycles. The highest BCUT2D eigenvalue weighted by molar-refractivity contribution is 5.92. The first-order chi connectivity index (χ1) is 5.72. The third kappa shape index (κ3) is 4.67. The number of carbonyl (C=O) groups is 1. The number of ketones is 1. The lowest BCUT2D eigenvalue weighted by molar-refractivity contribution is -0.116. The number of carbonyl (C=O) groups excluding carboxylic acids is 1. The maximum Gasteiger partial charge on any atom is 0.161 e. The Morgan fingerprint density at radius 2 is 1.83 bits per heavy atom. The van der Waals surface area contributed by atoms with E-state index in [0.717, 1.165) is 0 Å². The summed E-state index contributed by atoms with van der Waals surface area (Å²) >= 11 is 0. The van der Waals surface area contributed by atoms with Crippen LogP contribution in [-0.2, 0) is 4.79 Å². The first-order valence-corrected chi connectivity index (χ1v) is 4.18. The quantitative estimate of drug-likeness (QED) is 0.461. The van der Waals surface area contributed by atoms with Crippen molar-refractivity contribution < 1.29 is 4.79 Å². The number of hydrogen-bond acceptors (Lipinski definition) is 1. The zero-order chi connectivity index (χ0) is 9.40. The van der Waals surface area contributed by atoms with Crippen LogP contribution in [0.15, 0.2) is 36.5 Å². The number of hydrogen-bond donors (Lipinski definition) is 0. The fourth-order valence-electron chi connectivity index (χ4n) is 0.753. The van der Waals surface area contributed by atoms with E-state index in [-0.39, 0.29) is 11.7 Å². The minimum atomic E-state index is -0.0163. The van der Waals surface area contributed by atoms with Gasteiger partial charge in [0, 0.05) is 5.92 Å². The molecule has 0 rings (SSSR count). The molecular weight excluding hydrogens is 148 g/mol. The molecule has 0 aromatic carbocycles. The molecule has 0 aliphatic rings. The molecule has 1 atom stereocenters. The van der Waals surface area contributed by atoms with Gasteiger partial charge in [0.2, 0.25) is 0 Å². The van der Waals surface area contributed by atoms with E-state index in [1.54, 1.807) is 12.2 Å². The Labute approximate surface area is 74.5 Å². The van der Waals surface area contributed by atoms with E-state index in [4.69, 9.17) is 0 Å². The van der Waals surface area contributed by atoms with E-state index < -0.39 is 0 Å². The van der Waals surface area contributed by atoms with Gasteiger partial charge in [-0.1, -0.05) is 37.3 Å². The average molecular weight is 164 g/mol. The molecule has 66 valence electrons. The Bertz CT molecular complexity index is 209. The molecule has 1 heteroatoms. The Hall–Kier alpha value is -1.11. The monoisotopic (exact) mass is 164 g/mol. The maximum atomic E-state index is 11.2. The summed E-state index contributed by atoms with van der Waals surface area (Å²) in [6.07, 6.45) is 11.0. The molecule has 0 spiro atoms. The van der Waals surface area contributed by atoms with E-state index in [1.807, 2.05) is 45.1 Å². The van der Waals surface area contributed by atoms with Gasteiger partial charge < -0.3 is 0 Å². The van der Waals surface area contributed by atoms with Gasteiger partial charge in [0.05, 0.1) is 0 Å². The molecule has 0 N–H and O–H groups in total. The van der Waals surface area contributed by atoms with Crippen LogP contribution < -0.4 is 0 Å². The van der Waals surface area contributed by atoms with Crippen LogP contribution in [0.2, 0.25) is 0 Å². The van der Waals surface area contributed by atoms with Crippen molar-refractivity contribution in [2.24, 2.45) is 5.92 Å². The lowest BCUT2D eigenvalue weighted by atomic mass is 10.1. The van der Waals surface area contributed by atoms with Crippen LogP contribution in [0.4, 0.5) is 0 Å². The predicted octanol–water partition coefficient (Wildman–Crippen LogP) is 2.90. The summed E-state index contributed by atoms with van der Waals surface area (Å²) in [5.74, 6) is 0.135. The Morgan fingerprint density at radius 3 is 2.33 bits per heavy atom. The fourth-order valence-corrected chi connectivity index (χ4v) is 0.753. The van der Waals surface area contributed by atoms with Crippen molar-refractivity contribution >= 4 is 5.78 Å². The SMILES string of the molecule is C/C=C/C=C\[C@@H](C)C(=O)/C=C/C. The highest BCUT2D eigenvalue weighted by Gasteiger charge is 2.03. The fraction of sp³-hybridized carbons (Fsp3) is 0.364. The Balaban J connectivity index is 4.02. The van der Waals surface area contributed by atoms with E-state index in [1.165, 1.54) is 0 Å². The zero-order valence-corrected chi connectivity index (χ0v) is 7.95. The summed E-state index contributed by atoms with van der Waals surface area (Å²) in [7, 11) is 0. The molecule has 0 fully saturated rings. The molecule has 0 aromatic rings. The Morgan fingerprint density at radius 1 is 1.17 bits per heavy atom. The third-order valence-electron chi connectivity index (χ3n) is 1.48. The van der Waals surface area contributed by atoms with Gasteiger partial charge in [-0.15, -0.1) is 0 Å². The van der Waals surface area contributed by atoms with Crippen LogP contribution in [0.25, 0.3) is 0 Å². The minimum Gasteiger partial charge on any atom is -0.294 e. The predicted molar refractivity (Wildman–Crippen MR) is 52.9 cm³/mol. The van der Waals surface area contributed by atoms with Crippen molar-refractivity contribution in [2.75, 3.05) is 0 Å². The second-order valence-corrected chi connectivity index (χ2v) is 2.60. The van der Waals surface area contributed by atoms with Gasteiger partial charge in [0.15, 0.2) is 5.78 Å². The molecule has 0 unspecified atom stereocenters. The molecule has 0 heterocycles. The second kappa shape index (κ2) is 6.59. The molecule has 0 radical (unpaired) electrons. The largest absolute Gasteiger partial charge is 0.294 e. The second-order valence-electron chi connectivity index (χ2n) is 2.60. The minimum absolute atomic E-state index is 0.0163. The molecule has 0 amide bonds. The normalized spacial score (nSPS) is 14.9. The van der Waals surface area contributed by atoms with E-state index in [2.05, 4.69) is 0 Å². The van der Waals surface area contributed by atoms with Gasteiger partial charge in [0.1, 0.15) is 0 Å². The van der Waals surface area contributed by atoms with Gasteiger partial charge in [-0.2, -0.15) is 0 Å². The van der Waals surface area contributed by atoms with Crippen molar-refractivity contribution in [3.05, 3.63) is 36.5 Å². The summed E-state index contributed by atoms with van der Waals surface area (Å²) in [5.41, 5.74) is 0. The summed E-state index contributed by atoms with van der Waals surface area (Å²) in [4.78, 5) is 11.2. The lowest BCUT2D eigenvalue weighted by Crippen LogP contribution is -2.03. The van der Waals surface area contributed by atoms with Crippen molar-refractivity contribution in [1.29, 1.82) is 0 Å². The summed E-state index contributed by atoms with van der Waals surface area (Å²) in [5, 5.41) is 0. The van der Waals surface area contributed by atoms with Gasteiger partial charge in [-0.05, 0) is 19.9 Å². The molecule has 0 saturated carbocycles. The van der Waals surface area contributed by atoms with Gasteiger partial charge in [0.25, 0.3) is 0 Å². The van der Waals surface area contributed by atoms with E-state index in [0.29, 0.717) is 0 Å². The molecule has 0 bridgehead atoms. The molecule has 0 saturated heterocycles. The van der Waals surface area contributed by atoms with Crippen LogP contribution in [0.3, 0.4) is 0 Å². The number of allylic oxidation sites excluding steroid dienone is 6. The molecule has 12 heavy (non-hydrogen) atoms. The molecule has 0 aromatic heterocycles. The van der Waals surface area contributed by atoms with Crippen molar-refractivity contribution in [3.8, 4) is 0 Å². The zero-order valence-electron chi connectivity index (χ0n) is 7.95. The van der Waals surface area contributed by atoms with Gasteiger partial charge in [-0.25, -0.2) is 0 Å². The van der Waals surface area contributed by atoms with Crippen molar-refractivity contribution in [1.82, 2.24) is 0 Å². The molecule has 1 nitrogen and oxygen atoms in total. The molecular formula is C11H16O. The van der Waals surface area contributed by atoms with Gasteiger partial charge in [-0.3, -0.25) is 4.79 Å². The topological polar surface area (TPSA) is 17.1 Å². The van der Waals surface area contributed by atoms with E-state index in [9.17, 15) is 4.79 Å². The maximum absolute atomic E-state index is 11.2. The van der Waals surface area contributed by atoms with Gasteiger partial charge >= 0.3 is 0 Å². The van der Waals surface area contributed by atoms with Crippen LogP contribution in [-0.4, -0.2) is 5.78 Å². The van der Waals surface area contributed by atoms with Crippen LogP contribution in [0.5, 0.6) is 0 Å². The van der Waals surface area contributed by atoms with Crippen LogP contribution in [0.1, 0.15) is 20.8 Å². The van der Waals surface area contributed by atoms with Crippen LogP contribution >= 0.6 is 0 Å².